The second kappa shape index (κ2) is 6.67. The van der Waals surface area contributed by atoms with E-state index in [1.165, 1.54) is 0 Å². The van der Waals surface area contributed by atoms with Crippen LogP contribution in [0.25, 0.3) is 28.3 Å². The van der Waals surface area contributed by atoms with Crippen molar-refractivity contribution in [3.05, 3.63) is 65.7 Å². The van der Waals surface area contributed by atoms with E-state index < -0.39 is 0 Å². The predicted molar refractivity (Wildman–Crippen MR) is 108 cm³/mol. The number of hydrogen-bond acceptors (Lipinski definition) is 5. The van der Waals surface area contributed by atoms with Crippen molar-refractivity contribution in [2.45, 2.75) is 13.8 Å². The molecule has 138 valence electrons. The lowest BCUT2D eigenvalue weighted by Crippen LogP contribution is -2.03. The van der Waals surface area contributed by atoms with Gasteiger partial charge >= 0.3 is 0 Å². The number of hydrogen-bond donors (Lipinski definition) is 1. The molecule has 0 fully saturated rings. The topological polar surface area (TPSA) is 98.3 Å². The van der Waals surface area contributed by atoms with Crippen LogP contribution in [0.5, 0.6) is 0 Å². The summed E-state index contributed by atoms with van der Waals surface area (Å²) in [5, 5.41) is 14.1. The summed E-state index contributed by atoms with van der Waals surface area (Å²) in [6.45, 7) is 3.94. The molecule has 0 aliphatic carbocycles. The molecular formula is C21H19N7. The first-order valence-electron chi connectivity index (χ1n) is 8.80. The molecule has 0 aliphatic heterocycles. The summed E-state index contributed by atoms with van der Waals surface area (Å²) < 4.78 is 3.68. The maximum Gasteiger partial charge on any atom is 0.142 e. The minimum absolute atomic E-state index is 0.197. The number of nitrogens with two attached hydrogens (primary N) is 1. The van der Waals surface area contributed by atoms with E-state index in [0.717, 1.165) is 28.3 Å². The van der Waals surface area contributed by atoms with Gasteiger partial charge in [0.1, 0.15) is 23.3 Å². The number of aromatic nitrogens is 5. The first-order valence-corrected chi connectivity index (χ1v) is 8.80. The number of anilines is 1. The van der Waals surface area contributed by atoms with Gasteiger partial charge in [-0.15, -0.1) is 0 Å². The van der Waals surface area contributed by atoms with Crippen molar-refractivity contribution in [2.24, 2.45) is 7.05 Å². The lowest BCUT2D eigenvalue weighted by atomic mass is 10.0. The molecule has 0 amide bonds. The van der Waals surface area contributed by atoms with Crippen LogP contribution in [0.3, 0.4) is 0 Å². The fourth-order valence-corrected chi connectivity index (χ4v) is 3.33. The average molecular weight is 369 g/mol. The molecular weight excluding hydrogens is 350 g/mol. The molecule has 7 nitrogen and oxygen atoms in total. The van der Waals surface area contributed by atoms with Crippen LogP contribution in [0.2, 0.25) is 0 Å². The van der Waals surface area contributed by atoms with E-state index in [1.807, 2.05) is 68.2 Å². The summed E-state index contributed by atoms with van der Waals surface area (Å²) in [4.78, 5) is 8.92. The van der Waals surface area contributed by atoms with Gasteiger partial charge in [-0.25, -0.2) is 9.97 Å². The Morgan fingerprint density at radius 2 is 1.96 bits per heavy atom. The monoisotopic (exact) mass is 369 g/mol. The Morgan fingerprint density at radius 1 is 1.14 bits per heavy atom. The Bertz CT molecular complexity index is 1220. The summed E-state index contributed by atoms with van der Waals surface area (Å²) in [6.07, 6.45) is 5.59. The molecule has 0 aliphatic rings. The largest absolute Gasteiger partial charge is 0.383 e. The molecule has 4 aromatic heterocycles. The molecule has 0 bridgehead atoms. The highest BCUT2D eigenvalue weighted by atomic mass is 15.2. The smallest absolute Gasteiger partial charge is 0.142 e. The van der Waals surface area contributed by atoms with E-state index in [9.17, 15) is 5.26 Å². The quantitative estimate of drug-likeness (QED) is 0.597. The second-order valence-corrected chi connectivity index (χ2v) is 6.68. The fourth-order valence-electron chi connectivity index (χ4n) is 3.33. The van der Waals surface area contributed by atoms with Crippen molar-refractivity contribution in [3.8, 4) is 34.4 Å². The van der Waals surface area contributed by atoms with E-state index in [0.29, 0.717) is 16.8 Å². The number of nitrogen functional groups attached to an aromatic ring is 1. The van der Waals surface area contributed by atoms with Gasteiger partial charge in [-0.3, -0.25) is 4.68 Å². The van der Waals surface area contributed by atoms with E-state index in [-0.39, 0.29) is 5.82 Å². The Labute approximate surface area is 162 Å². The average Bonchev–Trinajstić information content (AvgIpc) is 3.27. The molecule has 4 rings (SSSR count). The third-order valence-electron chi connectivity index (χ3n) is 4.62. The third kappa shape index (κ3) is 2.91. The minimum Gasteiger partial charge on any atom is -0.383 e. The molecule has 7 heteroatoms. The molecule has 4 aromatic rings. The SMILES string of the molecule is Cc1ccnc(-n2cccc2-c2cc(-c3cn(C)nc3C)nc(N)c2C#N)c1. The number of aryl methyl sites for hydroxylation is 3. The van der Waals surface area contributed by atoms with Gasteiger partial charge in [-0.1, -0.05) is 0 Å². The van der Waals surface area contributed by atoms with Gasteiger partial charge in [-0.2, -0.15) is 10.4 Å². The molecule has 0 saturated carbocycles. The molecule has 0 aromatic carbocycles. The normalized spacial score (nSPS) is 10.8. The summed E-state index contributed by atoms with van der Waals surface area (Å²) >= 11 is 0. The zero-order chi connectivity index (χ0) is 19.8. The zero-order valence-electron chi connectivity index (χ0n) is 15.9. The van der Waals surface area contributed by atoms with Gasteiger partial charge in [-0.05, 0) is 49.7 Å². The minimum atomic E-state index is 0.197. The van der Waals surface area contributed by atoms with Gasteiger partial charge in [0.25, 0.3) is 0 Å². The van der Waals surface area contributed by atoms with Crippen LogP contribution in [0, 0.1) is 25.2 Å². The molecule has 0 unspecified atom stereocenters. The number of pyridine rings is 2. The highest BCUT2D eigenvalue weighted by molar-refractivity contribution is 5.79. The first kappa shape index (κ1) is 17.5. The molecule has 2 N–H and O–H groups in total. The van der Waals surface area contributed by atoms with Gasteiger partial charge in [0.2, 0.25) is 0 Å². The van der Waals surface area contributed by atoms with Gasteiger partial charge in [0.05, 0.1) is 17.1 Å². The zero-order valence-corrected chi connectivity index (χ0v) is 15.9. The van der Waals surface area contributed by atoms with Crippen molar-refractivity contribution < 1.29 is 0 Å². The maximum absolute atomic E-state index is 9.71. The van der Waals surface area contributed by atoms with Crippen LogP contribution in [-0.4, -0.2) is 24.3 Å². The Balaban J connectivity index is 1.95. The summed E-state index contributed by atoms with van der Waals surface area (Å²) in [6, 6.07) is 11.9. The standard InChI is InChI=1S/C21H19N7/c1-13-6-7-24-20(9-13)28-8-4-5-19(28)15-10-18(25-21(23)16(15)11-22)17-12-27(3)26-14(17)2/h4-10,12H,1-3H3,(H2,23,25). The van der Waals surface area contributed by atoms with Gasteiger partial charge in [0, 0.05) is 36.8 Å². The fraction of sp³-hybridized carbons (Fsp3) is 0.143. The van der Waals surface area contributed by atoms with E-state index >= 15 is 0 Å². The van der Waals surface area contributed by atoms with E-state index in [4.69, 9.17) is 5.73 Å². The van der Waals surface area contributed by atoms with Crippen LogP contribution in [0.1, 0.15) is 16.8 Å². The number of nitriles is 1. The Hall–Kier alpha value is -3.92. The van der Waals surface area contributed by atoms with E-state index in [1.54, 1.807) is 10.9 Å². The number of nitrogens with zero attached hydrogens (tertiary/aromatic N) is 6. The van der Waals surface area contributed by atoms with Crippen LogP contribution >= 0.6 is 0 Å². The molecule has 28 heavy (non-hydrogen) atoms. The predicted octanol–water partition coefficient (Wildman–Crippen LogP) is 3.41. The third-order valence-corrected chi connectivity index (χ3v) is 4.62. The van der Waals surface area contributed by atoms with Crippen molar-refractivity contribution in [1.29, 1.82) is 5.26 Å². The summed E-state index contributed by atoms with van der Waals surface area (Å²) in [5.74, 6) is 0.974. The van der Waals surface area contributed by atoms with Crippen molar-refractivity contribution in [1.82, 2.24) is 24.3 Å². The van der Waals surface area contributed by atoms with Gasteiger partial charge in [0.15, 0.2) is 0 Å². The van der Waals surface area contributed by atoms with Crippen molar-refractivity contribution in [2.75, 3.05) is 5.73 Å². The van der Waals surface area contributed by atoms with Crippen LogP contribution < -0.4 is 5.73 Å². The Kier molecular flexibility index (Phi) is 4.17. The summed E-state index contributed by atoms with van der Waals surface area (Å²) in [5.41, 5.74) is 11.6. The van der Waals surface area contributed by atoms with Crippen molar-refractivity contribution >= 4 is 5.82 Å². The second-order valence-electron chi connectivity index (χ2n) is 6.68. The molecule has 4 heterocycles. The number of rotatable bonds is 3. The lowest BCUT2D eigenvalue weighted by Gasteiger charge is -2.13. The molecule has 0 radical (unpaired) electrons. The van der Waals surface area contributed by atoms with Crippen LogP contribution in [-0.2, 0) is 7.05 Å². The van der Waals surface area contributed by atoms with Crippen LogP contribution in [0.15, 0.2) is 48.9 Å². The highest BCUT2D eigenvalue weighted by Gasteiger charge is 2.18. The molecule has 0 saturated heterocycles. The maximum atomic E-state index is 9.71. The first-order chi connectivity index (χ1) is 13.5. The highest BCUT2D eigenvalue weighted by Crippen LogP contribution is 2.33. The van der Waals surface area contributed by atoms with Gasteiger partial charge < -0.3 is 10.3 Å². The lowest BCUT2D eigenvalue weighted by molar-refractivity contribution is 0.756. The van der Waals surface area contributed by atoms with Crippen LogP contribution in [0.4, 0.5) is 5.82 Å². The summed E-state index contributed by atoms with van der Waals surface area (Å²) in [7, 11) is 1.86. The Morgan fingerprint density at radius 3 is 2.64 bits per heavy atom. The van der Waals surface area contributed by atoms with Crippen molar-refractivity contribution in [3.63, 3.8) is 0 Å². The molecule has 0 atom stereocenters. The molecule has 0 spiro atoms. The van der Waals surface area contributed by atoms with E-state index in [2.05, 4.69) is 21.1 Å².